The molecule has 2 rings (SSSR count). The van der Waals surface area contributed by atoms with Gasteiger partial charge < -0.3 is 10.2 Å². The quantitative estimate of drug-likeness (QED) is 0.462. The first-order valence-corrected chi connectivity index (χ1v) is 12.3. The van der Waals surface area contributed by atoms with Gasteiger partial charge in [0.2, 0.25) is 11.8 Å². The van der Waals surface area contributed by atoms with Crippen LogP contribution in [0.15, 0.2) is 42.5 Å². The van der Waals surface area contributed by atoms with Crippen LogP contribution in [-0.4, -0.2) is 34.6 Å². The fraction of sp³-hybridized carbons (Fsp3) is 0.417. The molecule has 0 heterocycles. The highest BCUT2D eigenvalue weighted by atomic mass is 35.5. The van der Waals surface area contributed by atoms with E-state index in [1.807, 2.05) is 57.2 Å². The third-order valence-electron chi connectivity index (χ3n) is 5.12. The van der Waals surface area contributed by atoms with Crippen LogP contribution < -0.4 is 5.32 Å². The minimum atomic E-state index is -0.562. The van der Waals surface area contributed by atoms with E-state index in [2.05, 4.69) is 5.32 Å². The lowest BCUT2D eigenvalue weighted by Gasteiger charge is -2.29. The molecule has 2 amide bonds. The number of rotatable bonds is 10. The van der Waals surface area contributed by atoms with Crippen molar-refractivity contribution in [2.75, 3.05) is 5.75 Å². The maximum absolute atomic E-state index is 13.1. The second kappa shape index (κ2) is 12.4. The van der Waals surface area contributed by atoms with Crippen molar-refractivity contribution in [3.05, 3.63) is 69.2 Å². The molecule has 31 heavy (non-hydrogen) atoms. The van der Waals surface area contributed by atoms with E-state index in [4.69, 9.17) is 23.2 Å². The lowest BCUT2D eigenvalue weighted by atomic mass is 10.1. The monoisotopic (exact) mass is 480 g/mol. The van der Waals surface area contributed by atoms with Crippen LogP contribution in [0.5, 0.6) is 0 Å². The van der Waals surface area contributed by atoms with Crippen molar-refractivity contribution in [2.24, 2.45) is 0 Å². The Hall–Kier alpha value is -1.69. The molecule has 0 spiro atoms. The van der Waals surface area contributed by atoms with Crippen LogP contribution in [0.2, 0.25) is 10.0 Å². The van der Waals surface area contributed by atoms with Crippen molar-refractivity contribution in [2.45, 2.75) is 58.5 Å². The van der Waals surface area contributed by atoms with E-state index in [9.17, 15) is 9.59 Å². The number of thioether (sulfide) groups is 1. The van der Waals surface area contributed by atoms with Crippen LogP contribution >= 0.6 is 35.0 Å². The van der Waals surface area contributed by atoms with Crippen LogP contribution in [0.1, 0.15) is 43.9 Å². The van der Waals surface area contributed by atoms with Gasteiger partial charge in [0.1, 0.15) is 6.04 Å². The van der Waals surface area contributed by atoms with Gasteiger partial charge in [0.05, 0.1) is 15.8 Å². The summed E-state index contributed by atoms with van der Waals surface area (Å²) in [5.41, 5.74) is 3.15. The van der Waals surface area contributed by atoms with E-state index in [0.717, 1.165) is 23.1 Å². The van der Waals surface area contributed by atoms with Gasteiger partial charge in [-0.05, 0) is 50.5 Å². The molecule has 0 fully saturated rings. The number of benzene rings is 2. The molecule has 1 N–H and O–H groups in total. The smallest absolute Gasteiger partial charge is 0.242 e. The first-order valence-electron chi connectivity index (χ1n) is 10.4. The Morgan fingerprint density at radius 2 is 1.68 bits per heavy atom. The maximum atomic E-state index is 13.1. The minimum Gasteiger partial charge on any atom is -0.352 e. The summed E-state index contributed by atoms with van der Waals surface area (Å²) >= 11 is 13.5. The number of carbonyl (C=O) groups is 2. The van der Waals surface area contributed by atoms with E-state index in [0.29, 0.717) is 22.3 Å². The van der Waals surface area contributed by atoms with Gasteiger partial charge in [-0.2, -0.15) is 0 Å². The van der Waals surface area contributed by atoms with Gasteiger partial charge in [0.15, 0.2) is 0 Å². The number of nitrogens with zero attached hydrogens (tertiary/aromatic N) is 1. The van der Waals surface area contributed by atoms with Crippen LogP contribution in [0, 0.1) is 6.92 Å². The zero-order valence-corrected chi connectivity index (χ0v) is 20.8. The van der Waals surface area contributed by atoms with Gasteiger partial charge in [-0.15, -0.1) is 11.8 Å². The zero-order chi connectivity index (χ0) is 23.0. The zero-order valence-electron chi connectivity index (χ0n) is 18.5. The molecular weight excluding hydrogens is 451 g/mol. The average molecular weight is 481 g/mol. The highest BCUT2D eigenvalue weighted by Gasteiger charge is 2.26. The molecule has 0 aliphatic carbocycles. The van der Waals surface area contributed by atoms with E-state index >= 15 is 0 Å². The van der Waals surface area contributed by atoms with Crippen LogP contribution in [0.4, 0.5) is 0 Å². The molecule has 0 bridgehead atoms. The first-order chi connectivity index (χ1) is 14.7. The Bertz CT molecular complexity index is 890. The third-order valence-corrected chi connectivity index (χ3v) is 6.85. The van der Waals surface area contributed by atoms with Gasteiger partial charge in [-0.1, -0.05) is 66.0 Å². The molecule has 2 atom stereocenters. The molecule has 0 radical (unpaired) electrons. The molecule has 0 unspecified atom stereocenters. The molecule has 2 aromatic carbocycles. The summed E-state index contributed by atoms with van der Waals surface area (Å²) in [6.45, 7) is 8.18. The van der Waals surface area contributed by atoms with Gasteiger partial charge in [-0.3, -0.25) is 9.59 Å². The standard InChI is InChI=1S/C24H30Cl2N2O2S/c1-5-17(3)27-24(30)18(4)28(13-19-8-6-16(2)7-9-19)23(29)15-31-14-20-10-11-21(25)22(26)12-20/h6-12,17-18H,5,13-15H2,1-4H3,(H,27,30)/t17-,18+/m1/s1. The van der Waals surface area contributed by atoms with E-state index < -0.39 is 6.04 Å². The Morgan fingerprint density at radius 1 is 1.03 bits per heavy atom. The Labute approximate surface area is 199 Å². The summed E-state index contributed by atoms with van der Waals surface area (Å²) in [6.07, 6.45) is 0.837. The van der Waals surface area contributed by atoms with Crippen molar-refractivity contribution in [3.63, 3.8) is 0 Å². The number of halogens is 2. The van der Waals surface area contributed by atoms with Gasteiger partial charge >= 0.3 is 0 Å². The number of carbonyl (C=O) groups excluding carboxylic acids is 2. The summed E-state index contributed by atoms with van der Waals surface area (Å²) in [7, 11) is 0. The number of amides is 2. The highest BCUT2D eigenvalue weighted by Crippen LogP contribution is 2.25. The van der Waals surface area contributed by atoms with Gasteiger partial charge in [-0.25, -0.2) is 0 Å². The topological polar surface area (TPSA) is 49.4 Å². The van der Waals surface area contributed by atoms with E-state index in [-0.39, 0.29) is 23.6 Å². The Morgan fingerprint density at radius 3 is 2.29 bits per heavy atom. The number of hydrogen-bond acceptors (Lipinski definition) is 3. The highest BCUT2D eigenvalue weighted by molar-refractivity contribution is 7.99. The number of hydrogen-bond donors (Lipinski definition) is 1. The fourth-order valence-corrected chi connectivity index (χ4v) is 4.09. The fourth-order valence-electron chi connectivity index (χ4n) is 2.91. The Kier molecular flexibility index (Phi) is 10.2. The molecule has 0 aromatic heterocycles. The van der Waals surface area contributed by atoms with Crippen molar-refractivity contribution in [1.29, 1.82) is 0 Å². The molecule has 0 saturated carbocycles. The molecule has 7 heteroatoms. The lowest BCUT2D eigenvalue weighted by Crippen LogP contribution is -2.50. The van der Waals surface area contributed by atoms with E-state index in [1.54, 1.807) is 17.9 Å². The van der Waals surface area contributed by atoms with Gasteiger partial charge in [0.25, 0.3) is 0 Å². The number of aryl methyl sites for hydroxylation is 1. The van der Waals surface area contributed by atoms with Crippen molar-refractivity contribution < 1.29 is 9.59 Å². The molecule has 0 aliphatic rings. The van der Waals surface area contributed by atoms with Crippen molar-refractivity contribution in [3.8, 4) is 0 Å². The summed E-state index contributed by atoms with van der Waals surface area (Å²) in [4.78, 5) is 27.5. The summed E-state index contributed by atoms with van der Waals surface area (Å²) in [6, 6.07) is 13.0. The molecule has 2 aromatic rings. The third kappa shape index (κ3) is 8.06. The molecular formula is C24H30Cl2N2O2S. The molecule has 0 saturated heterocycles. The SMILES string of the molecule is CC[C@@H](C)NC(=O)[C@H](C)N(Cc1ccc(C)cc1)C(=O)CSCc1ccc(Cl)c(Cl)c1. The molecule has 168 valence electrons. The Balaban J connectivity index is 2.07. The van der Waals surface area contributed by atoms with Crippen LogP contribution in [0.25, 0.3) is 0 Å². The first kappa shape index (κ1) is 25.6. The predicted octanol–water partition coefficient (Wildman–Crippen LogP) is 5.87. The summed E-state index contributed by atoms with van der Waals surface area (Å²) in [5.74, 6) is 0.698. The largest absolute Gasteiger partial charge is 0.352 e. The van der Waals surface area contributed by atoms with Crippen molar-refractivity contribution in [1.82, 2.24) is 10.2 Å². The minimum absolute atomic E-state index is 0.0651. The maximum Gasteiger partial charge on any atom is 0.242 e. The van der Waals surface area contributed by atoms with Crippen LogP contribution in [-0.2, 0) is 21.9 Å². The van der Waals surface area contributed by atoms with Crippen molar-refractivity contribution >= 4 is 46.8 Å². The molecule has 4 nitrogen and oxygen atoms in total. The number of nitrogens with one attached hydrogen (secondary N) is 1. The van der Waals surface area contributed by atoms with Gasteiger partial charge in [0, 0.05) is 18.3 Å². The second-order valence-electron chi connectivity index (χ2n) is 7.74. The predicted molar refractivity (Wildman–Crippen MR) is 132 cm³/mol. The normalized spacial score (nSPS) is 12.8. The summed E-state index contributed by atoms with van der Waals surface area (Å²) < 4.78 is 0. The van der Waals surface area contributed by atoms with Crippen LogP contribution in [0.3, 0.4) is 0 Å². The second-order valence-corrected chi connectivity index (χ2v) is 9.54. The molecule has 0 aliphatic heterocycles. The summed E-state index contributed by atoms with van der Waals surface area (Å²) in [5, 5.41) is 4.00. The average Bonchev–Trinajstić information content (AvgIpc) is 2.75. The van der Waals surface area contributed by atoms with E-state index in [1.165, 1.54) is 11.8 Å². The lowest BCUT2D eigenvalue weighted by molar-refractivity contribution is -0.138.